The molecule has 0 amide bonds. The molecule has 3 rings (SSSR count). The fraction of sp³-hybridized carbons (Fsp3) is 0.467. The molecule has 2 aromatic rings. The highest BCUT2D eigenvalue weighted by Crippen LogP contribution is 2.33. The second kappa shape index (κ2) is 4.92. The second-order valence-electron chi connectivity index (χ2n) is 5.19. The van der Waals surface area contributed by atoms with Crippen molar-refractivity contribution in [1.29, 1.82) is 0 Å². The van der Waals surface area contributed by atoms with Crippen LogP contribution in [0.5, 0.6) is 0 Å². The Bertz CT molecular complexity index is 546. The third-order valence-electron chi connectivity index (χ3n) is 3.65. The summed E-state index contributed by atoms with van der Waals surface area (Å²) in [6.45, 7) is 3.00. The highest BCUT2D eigenvalue weighted by atomic mass is 15.2. The first kappa shape index (κ1) is 11.5. The van der Waals surface area contributed by atoms with E-state index in [2.05, 4.69) is 33.7 Å². The van der Waals surface area contributed by atoms with Crippen molar-refractivity contribution >= 4 is 16.6 Å². The molecular formula is C15H19N3. The van der Waals surface area contributed by atoms with Crippen molar-refractivity contribution in [2.45, 2.75) is 32.6 Å². The van der Waals surface area contributed by atoms with Crippen LogP contribution in [0.1, 0.15) is 31.4 Å². The molecule has 1 aliphatic rings. The van der Waals surface area contributed by atoms with Crippen molar-refractivity contribution in [2.24, 2.45) is 5.92 Å². The van der Waals surface area contributed by atoms with Gasteiger partial charge in [-0.3, -0.25) is 0 Å². The Morgan fingerprint density at radius 1 is 1.17 bits per heavy atom. The number of nitrogens with zero attached hydrogens (tertiary/aromatic N) is 2. The van der Waals surface area contributed by atoms with Crippen LogP contribution in [-0.4, -0.2) is 16.7 Å². The van der Waals surface area contributed by atoms with Crippen LogP contribution in [0.2, 0.25) is 0 Å². The first-order chi connectivity index (χ1) is 8.84. The molecule has 0 atom stereocenters. The van der Waals surface area contributed by atoms with Gasteiger partial charge in [-0.05, 0) is 25.7 Å². The summed E-state index contributed by atoms with van der Waals surface area (Å²) in [6, 6.07) is 8.32. The molecule has 18 heavy (non-hydrogen) atoms. The molecule has 1 aromatic carbocycles. The molecular weight excluding hydrogens is 222 g/mol. The van der Waals surface area contributed by atoms with Gasteiger partial charge in [0.1, 0.15) is 0 Å². The monoisotopic (exact) mass is 241 g/mol. The number of hydrogen-bond donors (Lipinski definition) is 1. The van der Waals surface area contributed by atoms with E-state index < -0.39 is 0 Å². The summed E-state index contributed by atoms with van der Waals surface area (Å²) in [7, 11) is 0. The van der Waals surface area contributed by atoms with Gasteiger partial charge in [-0.25, -0.2) is 0 Å². The van der Waals surface area contributed by atoms with E-state index in [1.807, 2.05) is 13.0 Å². The van der Waals surface area contributed by atoms with Crippen molar-refractivity contribution in [1.82, 2.24) is 10.2 Å². The molecule has 1 saturated carbocycles. The van der Waals surface area contributed by atoms with E-state index in [0.717, 1.165) is 24.0 Å². The van der Waals surface area contributed by atoms with E-state index in [0.29, 0.717) is 0 Å². The van der Waals surface area contributed by atoms with Gasteiger partial charge in [-0.1, -0.05) is 37.1 Å². The van der Waals surface area contributed by atoms with Crippen molar-refractivity contribution in [3.8, 4) is 0 Å². The maximum Gasteiger partial charge on any atom is 0.156 e. The number of rotatable bonds is 5. The van der Waals surface area contributed by atoms with Gasteiger partial charge in [0.15, 0.2) is 5.82 Å². The lowest BCUT2D eigenvalue weighted by molar-refractivity contribution is 0.686. The lowest BCUT2D eigenvalue weighted by atomic mass is 10.1. The minimum absolute atomic E-state index is 0.923. The molecule has 0 unspecified atom stereocenters. The summed E-state index contributed by atoms with van der Waals surface area (Å²) in [6.07, 6.45) is 5.46. The second-order valence-corrected chi connectivity index (χ2v) is 5.19. The molecule has 1 heterocycles. The van der Waals surface area contributed by atoms with Crippen molar-refractivity contribution in [3.05, 3.63) is 30.0 Å². The van der Waals surface area contributed by atoms with Gasteiger partial charge >= 0.3 is 0 Å². The highest BCUT2D eigenvalue weighted by Gasteiger charge is 2.20. The van der Waals surface area contributed by atoms with Crippen LogP contribution in [0, 0.1) is 12.8 Å². The first-order valence-electron chi connectivity index (χ1n) is 6.80. The molecule has 3 heteroatoms. The summed E-state index contributed by atoms with van der Waals surface area (Å²) in [5.74, 6) is 1.93. The van der Waals surface area contributed by atoms with Crippen LogP contribution in [0.4, 0.5) is 5.82 Å². The number of fused-ring (bicyclic) bond motifs is 1. The lowest BCUT2D eigenvalue weighted by Crippen LogP contribution is -2.06. The maximum atomic E-state index is 4.28. The van der Waals surface area contributed by atoms with E-state index in [9.17, 15) is 0 Å². The quantitative estimate of drug-likeness (QED) is 0.814. The summed E-state index contributed by atoms with van der Waals surface area (Å²) in [5.41, 5.74) is 0.995. The lowest BCUT2D eigenvalue weighted by Gasteiger charge is -2.09. The van der Waals surface area contributed by atoms with Crippen molar-refractivity contribution in [3.63, 3.8) is 0 Å². The smallest absolute Gasteiger partial charge is 0.156 e. The summed E-state index contributed by atoms with van der Waals surface area (Å²) < 4.78 is 0. The first-order valence-corrected chi connectivity index (χ1v) is 6.80. The Morgan fingerprint density at radius 3 is 2.72 bits per heavy atom. The Kier molecular flexibility index (Phi) is 3.13. The largest absolute Gasteiger partial charge is 0.368 e. The van der Waals surface area contributed by atoms with Gasteiger partial charge in [-0.2, -0.15) is 5.10 Å². The predicted molar refractivity (Wildman–Crippen MR) is 74.7 cm³/mol. The zero-order chi connectivity index (χ0) is 12.4. The van der Waals surface area contributed by atoms with Crippen molar-refractivity contribution < 1.29 is 0 Å². The molecule has 1 N–H and O–H groups in total. The van der Waals surface area contributed by atoms with Crippen molar-refractivity contribution in [2.75, 3.05) is 11.9 Å². The van der Waals surface area contributed by atoms with Gasteiger partial charge in [0, 0.05) is 17.3 Å². The molecule has 1 fully saturated rings. The summed E-state index contributed by atoms with van der Waals surface area (Å²) in [5, 5.41) is 14.3. The predicted octanol–water partition coefficient (Wildman–Crippen LogP) is 3.54. The SMILES string of the molecule is Cc1nnc(NCCCC2CC2)c2ccccc12. The summed E-state index contributed by atoms with van der Waals surface area (Å²) >= 11 is 0. The molecule has 3 nitrogen and oxygen atoms in total. The Labute approximate surface area is 108 Å². The molecule has 0 aliphatic heterocycles. The molecule has 1 aliphatic carbocycles. The average Bonchev–Trinajstić information content (AvgIpc) is 3.21. The van der Waals surface area contributed by atoms with Gasteiger partial charge in [0.2, 0.25) is 0 Å². The fourth-order valence-electron chi connectivity index (χ4n) is 2.37. The number of benzene rings is 1. The van der Waals surface area contributed by atoms with Crippen LogP contribution in [-0.2, 0) is 0 Å². The zero-order valence-electron chi connectivity index (χ0n) is 10.8. The van der Waals surface area contributed by atoms with Crippen LogP contribution in [0.3, 0.4) is 0 Å². The van der Waals surface area contributed by atoms with Crippen LogP contribution >= 0.6 is 0 Å². The Morgan fingerprint density at radius 2 is 1.94 bits per heavy atom. The van der Waals surface area contributed by atoms with E-state index in [1.54, 1.807) is 0 Å². The van der Waals surface area contributed by atoms with E-state index >= 15 is 0 Å². The summed E-state index contributed by atoms with van der Waals surface area (Å²) in [4.78, 5) is 0. The topological polar surface area (TPSA) is 37.8 Å². The molecule has 0 bridgehead atoms. The maximum absolute atomic E-state index is 4.28. The number of nitrogens with one attached hydrogen (secondary N) is 1. The van der Waals surface area contributed by atoms with Gasteiger partial charge in [0.05, 0.1) is 5.69 Å². The highest BCUT2D eigenvalue weighted by molar-refractivity contribution is 5.92. The fourth-order valence-corrected chi connectivity index (χ4v) is 2.37. The normalized spacial score (nSPS) is 14.9. The molecule has 0 spiro atoms. The number of anilines is 1. The van der Waals surface area contributed by atoms with Gasteiger partial charge < -0.3 is 5.32 Å². The minimum Gasteiger partial charge on any atom is -0.368 e. The van der Waals surface area contributed by atoms with Crippen LogP contribution in [0.25, 0.3) is 10.8 Å². The van der Waals surface area contributed by atoms with Gasteiger partial charge in [-0.15, -0.1) is 5.10 Å². The molecule has 0 radical (unpaired) electrons. The average molecular weight is 241 g/mol. The van der Waals surface area contributed by atoms with Crippen LogP contribution < -0.4 is 5.32 Å². The third-order valence-corrected chi connectivity index (χ3v) is 3.65. The number of aromatic nitrogens is 2. The zero-order valence-corrected chi connectivity index (χ0v) is 10.8. The number of hydrogen-bond acceptors (Lipinski definition) is 3. The van der Waals surface area contributed by atoms with Crippen LogP contribution in [0.15, 0.2) is 24.3 Å². The molecule has 1 aromatic heterocycles. The van der Waals surface area contributed by atoms with E-state index in [-0.39, 0.29) is 0 Å². The minimum atomic E-state index is 0.923. The van der Waals surface area contributed by atoms with E-state index in [4.69, 9.17) is 0 Å². The molecule has 0 saturated heterocycles. The third kappa shape index (κ3) is 2.45. The molecule has 94 valence electrons. The van der Waals surface area contributed by atoms with Gasteiger partial charge in [0.25, 0.3) is 0 Å². The van der Waals surface area contributed by atoms with E-state index in [1.165, 1.54) is 36.5 Å². The Balaban J connectivity index is 1.72. The Hall–Kier alpha value is -1.64. The number of aryl methyl sites for hydroxylation is 1. The standard InChI is InChI=1S/C15H19N3/c1-11-13-6-2-3-7-14(13)15(18-17-11)16-10-4-5-12-8-9-12/h2-3,6-7,12H,4-5,8-10H2,1H3,(H,16,18).